The lowest BCUT2D eigenvalue weighted by Crippen LogP contribution is -2.07. The molecule has 1 heterocycles. The molecule has 0 saturated carbocycles. The molecule has 1 unspecified atom stereocenters. The van der Waals surface area contributed by atoms with Crippen LogP contribution in [0.4, 0.5) is 5.69 Å². The average Bonchev–Trinajstić information content (AvgIpc) is 2.39. The van der Waals surface area contributed by atoms with E-state index in [1.165, 1.54) is 12.6 Å². The first-order valence-electron chi connectivity index (χ1n) is 5.78. The van der Waals surface area contributed by atoms with Gasteiger partial charge in [-0.2, -0.15) is 0 Å². The zero-order valence-corrected chi connectivity index (χ0v) is 11.6. The van der Waals surface area contributed by atoms with Crippen LogP contribution in [0.5, 0.6) is 0 Å². The van der Waals surface area contributed by atoms with Gasteiger partial charge in [0, 0.05) is 12.3 Å². The van der Waals surface area contributed by atoms with Crippen molar-refractivity contribution in [1.82, 2.24) is 9.97 Å². The van der Waals surface area contributed by atoms with Crippen LogP contribution in [0.25, 0.3) is 0 Å². The van der Waals surface area contributed by atoms with E-state index in [0.717, 1.165) is 11.3 Å². The second kappa shape index (κ2) is 5.36. The van der Waals surface area contributed by atoms with Crippen LogP contribution in [0.1, 0.15) is 18.5 Å². The van der Waals surface area contributed by atoms with Crippen LogP contribution in [0.3, 0.4) is 0 Å². The SMILES string of the molecule is CC(Nc1cncnc1)c1ccc(S(C)(=O)=O)cc1. The Balaban J connectivity index is 2.14. The molecule has 1 aromatic carbocycles. The van der Waals surface area contributed by atoms with Crippen molar-refractivity contribution in [3.8, 4) is 0 Å². The third-order valence-corrected chi connectivity index (χ3v) is 3.88. The average molecular weight is 277 g/mol. The van der Waals surface area contributed by atoms with E-state index in [1.54, 1.807) is 36.7 Å². The fourth-order valence-corrected chi connectivity index (χ4v) is 2.34. The van der Waals surface area contributed by atoms with Gasteiger partial charge in [0.15, 0.2) is 9.84 Å². The molecule has 0 saturated heterocycles. The van der Waals surface area contributed by atoms with Crippen LogP contribution in [-0.2, 0) is 9.84 Å². The van der Waals surface area contributed by atoms with E-state index in [-0.39, 0.29) is 6.04 Å². The van der Waals surface area contributed by atoms with Gasteiger partial charge in [-0.25, -0.2) is 18.4 Å². The number of anilines is 1. The van der Waals surface area contributed by atoms with Gasteiger partial charge in [-0.3, -0.25) is 0 Å². The van der Waals surface area contributed by atoms with Gasteiger partial charge in [-0.15, -0.1) is 0 Å². The second-order valence-electron chi connectivity index (χ2n) is 4.33. The second-order valence-corrected chi connectivity index (χ2v) is 6.35. The number of hydrogen-bond donors (Lipinski definition) is 1. The predicted molar refractivity (Wildman–Crippen MR) is 73.6 cm³/mol. The van der Waals surface area contributed by atoms with E-state index in [2.05, 4.69) is 15.3 Å². The van der Waals surface area contributed by atoms with Crippen molar-refractivity contribution in [3.05, 3.63) is 48.5 Å². The van der Waals surface area contributed by atoms with E-state index in [4.69, 9.17) is 0 Å². The quantitative estimate of drug-likeness (QED) is 0.926. The van der Waals surface area contributed by atoms with Crippen LogP contribution in [0.2, 0.25) is 0 Å². The number of benzene rings is 1. The van der Waals surface area contributed by atoms with E-state index in [0.29, 0.717) is 4.90 Å². The third-order valence-electron chi connectivity index (χ3n) is 2.75. The molecule has 1 aromatic heterocycles. The largest absolute Gasteiger partial charge is 0.376 e. The smallest absolute Gasteiger partial charge is 0.175 e. The summed E-state index contributed by atoms with van der Waals surface area (Å²) in [6.07, 6.45) is 6.05. The molecule has 0 aliphatic carbocycles. The molecule has 100 valence electrons. The first-order chi connectivity index (χ1) is 8.97. The van der Waals surface area contributed by atoms with Crippen LogP contribution < -0.4 is 5.32 Å². The monoisotopic (exact) mass is 277 g/mol. The molecular formula is C13H15N3O2S. The molecule has 2 rings (SSSR count). The van der Waals surface area contributed by atoms with Crippen molar-refractivity contribution in [2.45, 2.75) is 17.9 Å². The molecule has 0 aliphatic rings. The van der Waals surface area contributed by atoms with E-state index in [9.17, 15) is 8.42 Å². The fourth-order valence-electron chi connectivity index (χ4n) is 1.71. The molecule has 1 N–H and O–H groups in total. The Morgan fingerprint density at radius 3 is 2.21 bits per heavy atom. The highest BCUT2D eigenvalue weighted by Crippen LogP contribution is 2.19. The predicted octanol–water partition coefficient (Wildman–Crippen LogP) is 2.05. The summed E-state index contributed by atoms with van der Waals surface area (Å²) >= 11 is 0. The van der Waals surface area contributed by atoms with Gasteiger partial charge < -0.3 is 5.32 Å². The maximum Gasteiger partial charge on any atom is 0.175 e. The van der Waals surface area contributed by atoms with Gasteiger partial charge in [0.2, 0.25) is 0 Å². The summed E-state index contributed by atoms with van der Waals surface area (Å²) < 4.78 is 22.7. The van der Waals surface area contributed by atoms with Gasteiger partial charge in [-0.1, -0.05) is 12.1 Å². The number of nitrogens with one attached hydrogen (secondary N) is 1. The Kier molecular flexibility index (Phi) is 3.80. The molecule has 0 radical (unpaired) electrons. The summed E-state index contributed by atoms with van der Waals surface area (Å²) in [5, 5.41) is 3.24. The van der Waals surface area contributed by atoms with E-state index in [1.807, 2.05) is 6.92 Å². The number of nitrogens with zero attached hydrogens (tertiary/aromatic N) is 2. The zero-order chi connectivity index (χ0) is 13.9. The summed E-state index contributed by atoms with van der Waals surface area (Å²) in [6, 6.07) is 6.88. The van der Waals surface area contributed by atoms with Crippen molar-refractivity contribution >= 4 is 15.5 Å². The van der Waals surface area contributed by atoms with Crippen molar-refractivity contribution in [2.24, 2.45) is 0 Å². The molecule has 0 amide bonds. The zero-order valence-electron chi connectivity index (χ0n) is 10.7. The highest BCUT2D eigenvalue weighted by Gasteiger charge is 2.09. The van der Waals surface area contributed by atoms with Gasteiger partial charge in [0.05, 0.1) is 23.0 Å². The maximum atomic E-state index is 11.4. The standard InChI is InChI=1S/C13H15N3O2S/c1-10(16-12-7-14-9-15-8-12)11-3-5-13(6-4-11)19(2,17)18/h3-10,16H,1-2H3. The molecule has 2 aromatic rings. The lowest BCUT2D eigenvalue weighted by atomic mass is 10.1. The molecule has 6 heteroatoms. The molecule has 1 atom stereocenters. The highest BCUT2D eigenvalue weighted by atomic mass is 32.2. The minimum absolute atomic E-state index is 0.0413. The molecule has 5 nitrogen and oxygen atoms in total. The first-order valence-corrected chi connectivity index (χ1v) is 7.67. The first kappa shape index (κ1) is 13.5. The van der Waals surface area contributed by atoms with Crippen LogP contribution in [0, 0.1) is 0 Å². The van der Waals surface area contributed by atoms with Crippen molar-refractivity contribution in [1.29, 1.82) is 0 Å². The molecule has 19 heavy (non-hydrogen) atoms. The number of aromatic nitrogens is 2. The molecule has 0 fully saturated rings. The normalized spacial score (nSPS) is 12.9. The molecule has 0 aliphatic heterocycles. The minimum atomic E-state index is -3.14. The van der Waals surface area contributed by atoms with Crippen LogP contribution >= 0.6 is 0 Å². The molecule has 0 bridgehead atoms. The third kappa shape index (κ3) is 3.51. The number of rotatable bonds is 4. The summed E-state index contributed by atoms with van der Waals surface area (Å²) in [4.78, 5) is 8.18. The van der Waals surface area contributed by atoms with E-state index < -0.39 is 9.84 Å². The van der Waals surface area contributed by atoms with Gasteiger partial charge in [0.25, 0.3) is 0 Å². The van der Waals surface area contributed by atoms with Gasteiger partial charge >= 0.3 is 0 Å². The lowest BCUT2D eigenvalue weighted by molar-refractivity contribution is 0.602. The molecular weight excluding hydrogens is 262 g/mol. The Bertz CT molecular complexity index is 639. The van der Waals surface area contributed by atoms with Crippen molar-refractivity contribution < 1.29 is 8.42 Å². The van der Waals surface area contributed by atoms with Gasteiger partial charge in [-0.05, 0) is 24.6 Å². The Morgan fingerprint density at radius 2 is 1.68 bits per heavy atom. The highest BCUT2D eigenvalue weighted by molar-refractivity contribution is 7.90. The van der Waals surface area contributed by atoms with Gasteiger partial charge in [0.1, 0.15) is 6.33 Å². The van der Waals surface area contributed by atoms with E-state index >= 15 is 0 Å². The molecule has 0 spiro atoms. The number of hydrogen-bond acceptors (Lipinski definition) is 5. The Morgan fingerprint density at radius 1 is 1.11 bits per heavy atom. The van der Waals surface area contributed by atoms with Crippen LogP contribution in [0.15, 0.2) is 47.9 Å². The Labute approximate surface area is 112 Å². The Hall–Kier alpha value is -1.95. The summed E-state index contributed by atoms with van der Waals surface area (Å²) in [7, 11) is -3.14. The topological polar surface area (TPSA) is 72.0 Å². The summed E-state index contributed by atoms with van der Waals surface area (Å²) in [5.41, 5.74) is 1.82. The number of sulfone groups is 1. The van der Waals surface area contributed by atoms with Crippen LogP contribution in [-0.4, -0.2) is 24.6 Å². The lowest BCUT2D eigenvalue weighted by Gasteiger charge is -2.15. The van der Waals surface area contributed by atoms with Crippen molar-refractivity contribution in [2.75, 3.05) is 11.6 Å². The fraction of sp³-hybridized carbons (Fsp3) is 0.231. The van der Waals surface area contributed by atoms with Crippen molar-refractivity contribution in [3.63, 3.8) is 0 Å². The summed E-state index contributed by atoms with van der Waals surface area (Å²) in [6.45, 7) is 1.99. The maximum absolute atomic E-state index is 11.4. The summed E-state index contributed by atoms with van der Waals surface area (Å²) in [5.74, 6) is 0. The minimum Gasteiger partial charge on any atom is -0.376 e.